The number of hydrogen-bond acceptors (Lipinski definition) is 4. The summed E-state index contributed by atoms with van der Waals surface area (Å²) in [5.41, 5.74) is 1.14. The molecule has 0 radical (unpaired) electrons. The fourth-order valence-corrected chi connectivity index (χ4v) is 3.62. The molecule has 1 aromatic carbocycles. The van der Waals surface area contributed by atoms with Crippen molar-refractivity contribution in [1.82, 2.24) is 15.1 Å². The molecule has 0 aromatic heterocycles. The van der Waals surface area contributed by atoms with Crippen LogP contribution in [0.4, 0.5) is 10.1 Å². The SMILES string of the molecule is CN1CCN(C)[C@@H](CNC2CCN(c3ccc(F)cc3)CC2)C1. The van der Waals surface area contributed by atoms with E-state index in [0.717, 1.165) is 51.3 Å². The largest absolute Gasteiger partial charge is 0.371 e. The molecule has 128 valence electrons. The Kier molecular flexibility index (Phi) is 5.51. The van der Waals surface area contributed by atoms with Gasteiger partial charge in [0.1, 0.15) is 5.82 Å². The second kappa shape index (κ2) is 7.60. The molecule has 0 aliphatic carbocycles. The maximum atomic E-state index is 13.0. The summed E-state index contributed by atoms with van der Waals surface area (Å²) < 4.78 is 13.0. The number of anilines is 1. The van der Waals surface area contributed by atoms with Crippen LogP contribution in [0.3, 0.4) is 0 Å². The van der Waals surface area contributed by atoms with Gasteiger partial charge in [0.15, 0.2) is 0 Å². The Morgan fingerprint density at radius 1 is 1.04 bits per heavy atom. The monoisotopic (exact) mass is 320 g/mol. The van der Waals surface area contributed by atoms with E-state index in [2.05, 4.69) is 34.1 Å². The highest BCUT2D eigenvalue weighted by Crippen LogP contribution is 2.20. The summed E-state index contributed by atoms with van der Waals surface area (Å²) in [5.74, 6) is -0.160. The fourth-order valence-electron chi connectivity index (χ4n) is 3.62. The zero-order valence-corrected chi connectivity index (χ0v) is 14.3. The predicted molar refractivity (Wildman–Crippen MR) is 93.6 cm³/mol. The van der Waals surface area contributed by atoms with Crippen molar-refractivity contribution in [3.63, 3.8) is 0 Å². The Morgan fingerprint density at radius 2 is 1.74 bits per heavy atom. The van der Waals surface area contributed by atoms with Crippen LogP contribution in [0.15, 0.2) is 24.3 Å². The molecule has 4 nitrogen and oxygen atoms in total. The van der Waals surface area contributed by atoms with Gasteiger partial charge in [0.05, 0.1) is 0 Å². The first-order valence-electron chi connectivity index (χ1n) is 8.74. The number of nitrogens with zero attached hydrogens (tertiary/aromatic N) is 3. The van der Waals surface area contributed by atoms with E-state index in [9.17, 15) is 4.39 Å². The number of likely N-dealkylation sites (N-methyl/N-ethyl adjacent to an activating group) is 2. The first kappa shape index (κ1) is 16.7. The van der Waals surface area contributed by atoms with Gasteiger partial charge < -0.3 is 15.1 Å². The van der Waals surface area contributed by atoms with Crippen LogP contribution in [0.25, 0.3) is 0 Å². The fraction of sp³-hybridized carbons (Fsp3) is 0.667. The quantitative estimate of drug-likeness (QED) is 0.910. The minimum Gasteiger partial charge on any atom is -0.371 e. The number of hydrogen-bond donors (Lipinski definition) is 1. The van der Waals surface area contributed by atoms with E-state index in [-0.39, 0.29) is 5.82 Å². The summed E-state index contributed by atoms with van der Waals surface area (Å²) in [5, 5.41) is 3.77. The second-order valence-corrected chi connectivity index (χ2v) is 7.04. The predicted octanol–water partition coefficient (Wildman–Crippen LogP) is 1.63. The van der Waals surface area contributed by atoms with Crippen molar-refractivity contribution in [2.24, 2.45) is 0 Å². The van der Waals surface area contributed by atoms with Crippen LogP contribution in [-0.2, 0) is 0 Å². The van der Waals surface area contributed by atoms with Crippen LogP contribution in [-0.4, -0.2) is 75.2 Å². The molecule has 2 aliphatic rings. The summed E-state index contributed by atoms with van der Waals surface area (Å²) in [6.45, 7) is 6.64. The first-order valence-corrected chi connectivity index (χ1v) is 8.74. The first-order chi connectivity index (χ1) is 11.1. The second-order valence-electron chi connectivity index (χ2n) is 7.04. The summed E-state index contributed by atoms with van der Waals surface area (Å²) in [6.07, 6.45) is 2.31. The number of piperazine rings is 1. The number of piperidine rings is 1. The minimum atomic E-state index is -0.160. The van der Waals surface area contributed by atoms with Crippen LogP contribution < -0.4 is 10.2 Å². The molecule has 1 atom stereocenters. The molecule has 2 aliphatic heterocycles. The van der Waals surface area contributed by atoms with Crippen molar-refractivity contribution in [2.45, 2.75) is 24.9 Å². The molecular formula is C18H29FN4. The molecule has 0 amide bonds. The summed E-state index contributed by atoms with van der Waals surface area (Å²) >= 11 is 0. The third-order valence-electron chi connectivity index (χ3n) is 5.31. The maximum Gasteiger partial charge on any atom is 0.123 e. The molecule has 23 heavy (non-hydrogen) atoms. The zero-order valence-electron chi connectivity index (χ0n) is 14.3. The normalized spacial score (nSPS) is 25.0. The molecule has 0 spiro atoms. The molecule has 1 aromatic rings. The molecule has 0 saturated carbocycles. The molecule has 5 heteroatoms. The van der Waals surface area contributed by atoms with Gasteiger partial charge in [-0.25, -0.2) is 4.39 Å². The van der Waals surface area contributed by atoms with Crippen molar-refractivity contribution in [2.75, 3.05) is 58.3 Å². The molecule has 1 N–H and O–H groups in total. The van der Waals surface area contributed by atoms with E-state index in [4.69, 9.17) is 0 Å². The van der Waals surface area contributed by atoms with Gasteiger partial charge in [0.2, 0.25) is 0 Å². The summed E-state index contributed by atoms with van der Waals surface area (Å²) in [4.78, 5) is 7.25. The van der Waals surface area contributed by atoms with Gasteiger partial charge in [-0.05, 0) is 51.2 Å². The zero-order chi connectivity index (χ0) is 16.2. The lowest BCUT2D eigenvalue weighted by atomic mass is 10.0. The number of benzene rings is 1. The smallest absolute Gasteiger partial charge is 0.123 e. The van der Waals surface area contributed by atoms with E-state index in [1.54, 1.807) is 12.1 Å². The molecule has 0 unspecified atom stereocenters. The molecule has 3 rings (SSSR count). The standard InChI is InChI=1S/C18H29FN4/c1-21-11-12-22(2)18(14-21)13-20-16-7-9-23(10-8-16)17-5-3-15(19)4-6-17/h3-6,16,18,20H,7-14H2,1-2H3/t18-/m0/s1. The lowest BCUT2D eigenvalue weighted by Gasteiger charge is -2.39. The van der Waals surface area contributed by atoms with Gasteiger partial charge in [0, 0.05) is 57.0 Å². The average Bonchev–Trinajstić information content (AvgIpc) is 2.57. The number of rotatable bonds is 4. The van der Waals surface area contributed by atoms with Crippen molar-refractivity contribution >= 4 is 5.69 Å². The third-order valence-corrected chi connectivity index (χ3v) is 5.31. The lowest BCUT2D eigenvalue weighted by molar-refractivity contribution is 0.110. The van der Waals surface area contributed by atoms with Crippen molar-refractivity contribution in [3.05, 3.63) is 30.1 Å². The van der Waals surface area contributed by atoms with E-state index in [1.807, 2.05) is 12.1 Å². The highest BCUT2D eigenvalue weighted by Gasteiger charge is 2.24. The lowest BCUT2D eigenvalue weighted by Crippen LogP contribution is -2.55. The van der Waals surface area contributed by atoms with Crippen LogP contribution in [0, 0.1) is 5.82 Å². The summed E-state index contributed by atoms with van der Waals surface area (Å²) in [7, 11) is 4.44. The molecule has 2 saturated heterocycles. The molecule has 2 fully saturated rings. The van der Waals surface area contributed by atoms with Crippen LogP contribution >= 0.6 is 0 Å². The van der Waals surface area contributed by atoms with Crippen LogP contribution in [0.5, 0.6) is 0 Å². The van der Waals surface area contributed by atoms with Crippen LogP contribution in [0.1, 0.15) is 12.8 Å². The van der Waals surface area contributed by atoms with Crippen molar-refractivity contribution in [3.8, 4) is 0 Å². The van der Waals surface area contributed by atoms with Crippen LogP contribution in [0.2, 0.25) is 0 Å². The Morgan fingerprint density at radius 3 is 2.43 bits per heavy atom. The topological polar surface area (TPSA) is 21.8 Å². The van der Waals surface area contributed by atoms with Gasteiger partial charge in [-0.3, -0.25) is 4.90 Å². The van der Waals surface area contributed by atoms with Crippen molar-refractivity contribution in [1.29, 1.82) is 0 Å². The molecular weight excluding hydrogens is 291 g/mol. The highest BCUT2D eigenvalue weighted by atomic mass is 19.1. The number of nitrogens with one attached hydrogen (secondary N) is 1. The Hall–Kier alpha value is -1.17. The van der Waals surface area contributed by atoms with Gasteiger partial charge >= 0.3 is 0 Å². The Bertz CT molecular complexity index is 484. The van der Waals surface area contributed by atoms with E-state index >= 15 is 0 Å². The van der Waals surface area contributed by atoms with Gasteiger partial charge in [0.25, 0.3) is 0 Å². The highest BCUT2D eigenvalue weighted by molar-refractivity contribution is 5.46. The molecule has 2 heterocycles. The maximum absolute atomic E-state index is 13.0. The average molecular weight is 320 g/mol. The van der Waals surface area contributed by atoms with Crippen molar-refractivity contribution < 1.29 is 4.39 Å². The van der Waals surface area contributed by atoms with E-state index in [1.165, 1.54) is 6.54 Å². The Balaban J connectivity index is 1.43. The van der Waals surface area contributed by atoms with Gasteiger partial charge in [-0.1, -0.05) is 0 Å². The Labute approximate surface area is 139 Å². The minimum absolute atomic E-state index is 0.160. The third kappa shape index (κ3) is 4.43. The summed E-state index contributed by atoms with van der Waals surface area (Å²) in [6, 6.07) is 8.09. The van der Waals surface area contributed by atoms with E-state index < -0.39 is 0 Å². The number of halogens is 1. The molecule has 0 bridgehead atoms. The van der Waals surface area contributed by atoms with E-state index in [0.29, 0.717) is 12.1 Å². The van der Waals surface area contributed by atoms with Gasteiger partial charge in [-0.15, -0.1) is 0 Å². The van der Waals surface area contributed by atoms with Gasteiger partial charge in [-0.2, -0.15) is 0 Å².